The Labute approximate surface area is 158 Å². The number of rotatable bonds is 2. The van der Waals surface area contributed by atoms with Gasteiger partial charge in [0.1, 0.15) is 6.07 Å². The van der Waals surface area contributed by atoms with E-state index < -0.39 is 5.82 Å². The molecule has 0 aliphatic carbocycles. The molecular weight excluding hydrogens is 367 g/mol. The zero-order valence-corrected chi connectivity index (χ0v) is 14.9. The smallest absolute Gasteiger partial charge is 0.293 e. The third-order valence-electron chi connectivity index (χ3n) is 4.42. The summed E-state index contributed by atoms with van der Waals surface area (Å²) in [6, 6.07) is 12.1. The molecule has 2 heterocycles. The number of hydrogen-bond donors (Lipinski definition) is 0. The van der Waals surface area contributed by atoms with Crippen LogP contribution in [0.5, 0.6) is 0 Å². The van der Waals surface area contributed by atoms with Crippen LogP contribution in [0.3, 0.4) is 0 Å². The zero-order valence-electron chi connectivity index (χ0n) is 14.1. The minimum atomic E-state index is -0.639. The molecule has 0 spiro atoms. The number of aromatic nitrogens is 3. The van der Waals surface area contributed by atoms with Gasteiger partial charge in [0.25, 0.3) is 5.56 Å². The second kappa shape index (κ2) is 6.38. The highest BCUT2D eigenvalue weighted by Gasteiger charge is 2.15. The lowest BCUT2D eigenvalue weighted by molar-refractivity contribution is 0.631. The van der Waals surface area contributed by atoms with Gasteiger partial charge < -0.3 is 4.57 Å². The summed E-state index contributed by atoms with van der Waals surface area (Å²) in [5.41, 5.74) is 2.59. The third kappa shape index (κ3) is 2.69. The highest BCUT2D eigenvalue weighted by atomic mass is 35.5. The van der Waals surface area contributed by atoms with E-state index in [9.17, 15) is 9.18 Å². The minimum absolute atomic E-state index is 0.0895. The summed E-state index contributed by atoms with van der Waals surface area (Å²) in [5.74, 6) is -0.639. The summed E-state index contributed by atoms with van der Waals surface area (Å²) in [7, 11) is 1.66. The molecule has 7 heteroatoms. The second-order valence-electron chi connectivity index (χ2n) is 6.03. The van der Waals surface area contributed by atoms with E-state index in [1.165, 1.54) is 16.7 Å². The fraction of sp³-hybridized carbons (Fsp3) is 0.0500. The predicted molar refractivity (Wildman–Crippen MR) is 101 cm³/mol. The van der Waals surface area contributed by atoms with Crippen LogP contribution in [0, 0.1) is 17.1 Å². The number of halogens is 2. The fourth-order valence-corrected chi connectivity index (χ4v) is 3.19. The standard InChI is InChI=1S/C20H12ClFN4O/c1-25-7-8-26-16(11-24-19(26)20(25)27)13-4-2-3-12(9-13)15-6-5-14(10-23)17(21)18(15)22/h2-9,11H,1H3. The van der Waals surface area contributed by atoms with Crippen molar-refractivity contribution >= 4 is 17.2 Å². The van der Waals surface area contributed by atoms with Crippen molar-refractivity contribution < 1.29 is 4.39 Å². The van der Waals surface area contributed by atoms with Crippen molar-refractivity contribution in [2.24, 2.45) is 7.05 Å². The monoisotopic (exact) mass is 378 g/mol. The number of aryl methyl sites for hydroxylation is 1. The van der Waals surface area contributed by atoms with Crippen molar-refractivity contribution in [3.8, 4) is 28.5 Å². The summed E-state index contributed by atoms with van der Waals surface area (Å²) in [5, 5.41) is 8.78. The van der Waals surface area contributed by atoms with E-state index in [0.29, 0.717) is 22.5 Å². The molecule has 27 heavy (non-hydrogen) atoms. The van der Waals surface area contributed by atoms with Gasteiger partial charge in [-0.1, -0.05) is 35.9 Å². The molecule has 0 fully saturated rings. The van der Waals surface area contributed by atoms with Crippen LogP contribution >= 0.6 is 11.6 Å². The quantitative estimate of drug-likeness (QED) is 0.529. The average Bonchev–Trinajstić information content (AvgIpc) is 3.12. The Morgan fingerprint density at radius 1 is 1.19 bits per heavy atom. The number of nitrogens with zero attached hydrogens (tertiary/aromatic N) is 4. The van der Waals surface area contributed by atoms with Crippen LogP contribution in [0.25, 0.3) is 28.0 Å². The lowest BCUT2D eigenvalue weighted by atomic mass is 10.00. The minimum Gasteiger partial charge on any atom is -0.314 e. The van der Waals surface area contributed by atoms with E-state index in [1.54, 1.807) is 48.2 Å². The average molecular weight is 379 g/mol. The molecule has 5 nitrogen and oxygen atoms in total. The van der Waals surface area contributed by atoms with Gasteiger partial charge in [0, 0.05) is 30.6 Å². The summed E-state index contributed by atoms with van der Waals surface area (Å²) in [6.45, 7) is 0. The zero-order chi connectivity index (χ0) is 19.1. The van der Waals surface area contributed by atoms with Crippen LogP contribution in [0.4, 0.5) is 4.39 Å². The van der Waals surface area contributed by atoms with Crippen LogP contribution in [0.15, 0.2) is 59.8 Å². The summed E-state index contributed by atoms with van der Waals surface area (Å²) in [4.78, 5) is 16.4. The van der Waals surface area contributed by atoms with Crippen molar-refractivity contribution in [1.82, 2.24) is 14.0 Å². The van der Waals surface area contributed by atoms with Gasteiger partial charge >= 0.3 is 0 Å². The van der Waals surface area contributed by atoms with Crippen LogP contribution in [0.1, 0.15) is 5.56 Å². The topological polar surface area (TPSA) is 63.1 Å². The Balaban J connectivity index is 1.88. The van der Waals surface area contributed by atoms with Crippen molar-refractivity contribution in [2.75, 3.05) is 0 Å². The maximum absolute atomic E-state index is 14.6. The first-order valence-corrected chi connectivity index (χ1v) is 8.40. The van der Waals surface area contributed by atoms with Gasteiger partial charge in [0.05, 0.1) is 22.5 Å². The number of nitriles is 1. The summed E-state index contributed by atoms with van der Waals surface area (Å²) < 4.78 is 17.8. The number of hydrogen-bond acceptors (Lipinski definition) is 3. The van der Waals surface area contributed by atoms with E-state index in [-0.39, 0.29) is 16.1 Å². The summed E-state index contributed by atoms with van der Waals surface area (Å²) >= 11 is 5.95. The first-order valence-electron chi connectivity index (χ1n) is 8.03. The van der Waals surface area contributed by atoms with Gasteiger partial charge in [-0.15, -0.1) is 0 Å². The van der Waals surface area contributed by atoms with E-state index in [2.05, 4.69) is 4.98 Å². The van der Waals surface area contributed by atoms with Crippen LogP contribution < -0.4 is 5.56 Å². The molecule has 0 atom stereocenters. The SMILES string of the molecule is Cn1ccn2c(-c3cccc(-c4ccc(C#N)c(Cl)c4F)c3)cnc2c1=O. The molecule has 0 unspecified atom stereocenters. The Morgan fingerprint density at radius 3 is 2.74 bits per heavy atom. The first kappa shape index (κ1) is 17.0. The molecule has 4 rings (SSSR count). The largest absolute Gasteiger partial charge is 0.314 e. The van der Waals surface area contributed by atoms with Crippen molar-refractivity contribution in [1.29, 1.82) is 5.26 Å². The van der Waals surface area contributed by atoms with Gasteiger partial charge in [0.15, 0.2) is 5.82 Å². The Hall–Kier alpha value is -3.43. The molecule has 0 amide bonds. The Kier molecular flexibility index (Phi) is 4.02. The molecule has 2 aromatic heterocycles. The molecule has 0 aliphatic heterocycles. The predicted octanol–water partition coefficient (Wildman–Crippen LogP) is 4.03. The molecule has 0 radical (unpaired) electrons. The van der Waals surface area contributed by atoms with Crippen LogP contribution in [-0.4, -0.2) is 14.0 Å². The van der Waals surface area contributed by atoms with Gasteiger partial charge in [-0.05, 0) is 17.7 Å². The van der Waals surface area contributed by atoms with Gasteiger partial charge in [-0.25, -0.2) is 9.37 Å². The van der Waals surface area contributed by atoms with Crippen molar-refractivity contribution in [2.45, 2.75) is 0 Å². The summed E-state index contributed by atoms with van der Waals surface area (Å²) in [6.07, 6.45) is 5.02. The molecule has 4 aromatic rings. The van der Waals surface area contributed by atoms with Crippen molar-refractivity contribution in [3.05, 3.63) is 81.7 Å². The third-order valence-corrected chi connectivity index (χ3v) is 4.79. The lowest BCUT2D eigenvalue weighted by Gasteiger charge is -2.09. The molecular formula is C20H12ClFN4O. The highest BCUT2D eigenvalue weighted by Crippen LogP contribution is 2.32. The van der Waals surface area contributed by atoms with E-state index in [1.807, 2.05) is 12.1 Å². The van der Waals surface area contributed by atoms with Crippen LogP contribution in [0.2, 0.25) is 5.02 Å². The number of imidazole rings is 1. The lowest BCUT2D eigenvalue weighted by Crippen LogP contribution is -2.18. The van der Waals surface area contributed by atoms with E-state index in [0.717, 1.165) is 5.56 Å². The molecule has 2 aromatic carbocycles. The number of benzene rings is 2. The van der Waals surface area contributed by atoms with Gasteiger partial charge in [-0.2, -0.15) is 5.26 Å². The Bertz CT molecular complexity index is 1300. The molecule has 0 saturated carbocycles. The molecule has 132 valence electrons. The van der Waals surface area contributed by atoms with Crippen LogP contribution in [-0.2, 0) is 7.05 Å². The second-order valence-corrected chi connectivity index (χ2v) is 6.41. The molecule has 0 aliphatic rings. The molecule has 0 saturated heterocycles. The molecule has 0 bridgehead atoms. The van der Waals surface area contributed by atoms with E-state index in [4.69, 9.17) is 16.9 Å². The fourth-order valence-electron chi connectivity index (χ4n) is 2.98. The van der Waals surface area contributed by atoms with Gasteiger partial charge in [-0.3, -0.25) is 9.20 Å². The van der Waals surface area contributed by atoms with Gasteiger partial charge in [0.2, 0.25) is 5.65 Å². The normalized spacial score (nSPS) is 10.9. The maximum Gasteiger partial charge on any atom is 0.293 e. The molecule has 0 N–H and O–H groups in total. The highest BCUT2D eigenvalue weighted by molar-refractivity contribution is 6.32. The first-order chi connectivity index (χ1) is 13.0. The van der Waals surface area contributed by atoms with E-state index >= 15 is 0 Å². The number of fused-ring (bicyclic) bond motifs is 1. The Morgan fingerprint density at radius 2 is 1.96 bits per heavy atom. The van der Waals surface area contributed by atoms with Crippen molar-refractivity contribution in [3.63, 3.8) is 0 Å². The maximum atomic E-state index is 14.6.